The number of anilines is 2. The van der Waals surface area contributed by atoms with Crippen molar-refractivity contribution >= 4 is 58.0 Å². The second-order valence-corrected chi connectivity index (χ2v) is 6.74. The lowest BCUT2D eigenvalue weighted by Gasteiger charge is -2.20. The molecule has 0 aliphatic carbocycles. The predicted octanol–water partition coefficient (Wildman–Crippen LogP) is 4.38. The lowest BCUT2D eigenvalue weighted by Crippen LogP contribution is -2.30. The Labute approximate surface area is 164 Å². The van der Waals surface area contributed by atoms with E-state index in [1.54, 1.807) is 19.1 Å². The molecule has 0 spiro atoms. The molecular formula is C17H13Cl3N2O4. The number of nitrogens with one attached hydrogen (secondary N) is 2. The van der Waals surface area contributed by atoms with Gasteiger partial charge in [0, 0.05) is 11.1 Å². The van der Waals surface area contributed by atoms with Crippen molar-refractivity contribution < 1.29 is 19.1 Å². The van der Waals surface area contributed by atoms with Gasteiger partial charge in [0.2, 0.25) is 0 Å². The van der Waals surface area contributed by atoms with E-state index in [0.29, 0.717) is 32.9 Å². The zero-order chi connectivity index (χ0) is 18.8. The summed E-state index contributed by atoms with van der Waals surface area (Å²) in [6, 6.07) is 7.76. The van der Waals surface area contributed by atoms with Crippen molar-refractivity contribution in [1.82, 2.24) is 0 Å². The van der Waals surface area contributed by atoms with Crippen LogP contribution < -0.4 is 20.1 Å². The summed E-state index contributed by atoms with van der Waals surface area (Å²) in [6.07, 6.45) is -0.846. The molecule has 136 valence electrons. The largest absolute Gasteiger partial charge is 0.482 e. The Morgan fingerprint density at radius 1 is 1.23 bits per heavy atom. The van der Waals surface area contributed by atoms with E-state index in [2.05, 4.69) is 10.6 Å². The number of hydrogen-bond acceptors (Lipinski definition) is 4. The van der Waals surface area contributed by atoms with Crippen molar-refractivity contribution in [3.05, 3.63) is 45.4 Å². The number of ether oxygens (including phenoxy) is 2. The average molecular weight is 416 g/mol. The molecule has 1 aliphatic rings. The van der Waals surface area contributed by atoms with Crippen molar-refractivity contribution in [3.63, 3.8) is 0 Å². The van der Waals surface area contributed by atoms with Gasteiger partial charge in [0.25, 0.3) is 11.8 Å². The van der Waals surface area contributed by atoms with Gasteiger partial charge in [-0.25, -0.2) is 0 Å². The lowest BCUT2D eigenvalue weighted by atomic mass is 10.2. The smallest absolute Gasteiger partial charge is 0.265 e. The molecule has 0 aromatic heterocycles. The van der Waals surface area contributed by atoms with Crippen LogP contribution in [-0.4, -0.2) is 24.5 Å². The first-order valence-corrected chi connectivity index (χ1v) is 8.65. The molecule has 6 nitrogen and oxygen atoms in total. The maximum Gasteiger partial charge on any atom is 0.265 e. The van der Waals surface area contributed by atoms with Crippen LogP contribution in [0.25, 0.3) is 0 Å². The molecule has 1 atom stereocenters. The Bertz CT molecular complexity index is 889. The normalized spacial score (nSPS) is 13.9. The maximum absolute atomic E-state index is 12.4. The topological polar surface area (TPSA) is 76.7 Å². The molecule has 2 aromatic carbocycles. The summed E-state index contributed by atoms with van der Waals surface area (Å²) in [5.74, 6) is 0.0462. The minimum absolute atomic E-state index is 0.101. The number of amides is 2. The molecule has 2 amide bonds. The van der Waals surface area contributed by atoms with Crippen LogP contribution >= 0.6 is 34.8 Å². The van der Waals surface area contributed by atoms with Crippen LogP contribution in [0.3, 0.4) is 0 Å². The van der Waals surface area contributed by atoms with E-state index in [-0.39, 0.29) is 17.5 Å². The summed E-state index contributed by atoms with van der Waals surface area (Å²) in [6.45, 7) is 1.47. The molecule has 0 fully saturated rings. The Hall–Kier alpha value is -2.15. The van der Waals surface area contributed by atoms with Gasteiger partial charge in [-0.2, -0.15) is 0 Å². The highest BCUT2D eigenvalue weighted by molar-refractivity contribution is 6.35. The third-order valence-corrected chi connectivity index (χ3v) is 4.37. The van der Waals surface area contributed by atoms with Crippen LogP contribution in [-0.2, 0) is 9.59 Å². The standard InChI is InChI=1S/C17H13Cl3N2O4/c1-8(26-14-3-2-9(18)4-11(14)20)17(24)22-12-6-15-13(5-10(12)19)21-16(23)7-25-15/h2-6,8H,7H2,1H3,(H,21,23)(H,22,24). The third-order valence-electron chi connectivity index (χ3n) is 3.53. The lowest BCUT2D eigenvalue weighted by molar-refractivity contribution is -0.122. The molecule has 26 heavy (non-hydrogen) atoms. The third kappa shape index (κ3) is 4.15. The van der Waals surface area contributed by atoms with Gasteiger partial charge < -0.3 is 20.1 Å². The van der Waals surface area contributed by atoms with E-state index in [4.69, 9.17) is 44.3 Å². The number of fused-ring (bicyclic) bond motifs is 1. The Morgan fingerprint density at radius 2 is 2.00 bits per heavy atom. The van der Waals surface area contributed by atoms with Crippen LogP contribution in [0.1, 0.15) is 6.92 Å². The van der Waals surface area contributed by atoms with E-state index in [1.165, 1.54) is 18.2 Å². The Morgan fingerprint density at radius 3 is 2.73 bits per heavy atom. The highest BCUT2D eigenvalue weighted by Gasteiger charge is 2.21. The molecule has 9 heteroatoms. The molecule has 0 radical (unpaired) electrons. The first-order valence-electron chi connectivity index (χ1n) is 7.52. The highest BCUT2D eigenvalue weighted by Crippen LogP contribution is 2.36. The second kappa shape index (κ2) is 7.61. The Kier molecular flexibility index (Phi) is 5.46. The van der Waals surface area contributed by atoms with Crippen LogP contribution in [0.5, 0.6) is 11.5 Å². The second-order valence-electron chi connectivity index (χ2n) is 5.49. The fraction of sp³-hybridized carbons (Fsp3) is 0.176. The zero-order valence-electron chi connectivity index (χ0n) is 13.4. The minimum atomic E-state index is -0.846. The first-order chi connectivity index (χ1) is 12.3. The molecule has 1 aliphatic heterocycles. The average Bonchev–Trinajstić information content (AvgIpc) is 2.58. The minimum Gasteiger partial charge on any atom is -0.482 e. The SMILES string of the molecule is CC(Oc1ccc(Cl)cc1Cl)C(=O)Nc1cc2c(cc1Cl)NC(=O)CO2. The number of halogens is 3. The molecule has 1 unspecified atom stereocenters. The fourth-order valence-electron chi connectivity index (χ4n) is 2.24. The molecule has 2 aromatic rings. The molecule has 3 rings (SSSR count). The van der Waals surface area contributed by atoms with Gasteiger partial charge in [-0.1, -0.05) is 34.8 Å². The predicted molar refractivity (Wildman–Crippen MR) is 101 cm³/mol. The van der Waals surface area contributed by atoms with Gasteiger partial charge in [-0.3, -0.25) is 9.59 Å². The van der Waals surface area contributed by atoms with Crippen LogP contribution in [0, 0.1) is 0 Å². The van der Waals surface area contributed by atoms with E-state index < -0.39 is 12.0 Å². The molecule has 2 N–H and O–H groups in total. The van der Waals surface area contributed by atoms with Gasteiger partial charge in [0.05, 0.1) is 21.4 Å². The molecule has 0 bridgehead atoms. The van der Waals surface area contributed by atoms with Gasteiger partial charge in [-0.05, 0) is 31.2 Å². The molecular weight excluding hydrogens is 403 g/mol. The maximum atomic E-state index is 12.4. The van der Waals surface area contributed by atoms with Crippen LogP contribution in [0.2, 0.25) is 15.1 Å². The van der Waals surface area contributed by atoms with E-state index in [9.17, 15) is 9.59 Å². The van der Waals surface area contributed by atoms with Gasteiger partial charge in [0.15, 0.2) is 12.7 Å². The number of carbonyl (C=O) groups excluding carboxylic acids is 2. The quantitative estimate of drug-likeness (QED) is 0.777. The van der Waals surface area contributed by atoms with E-state index >= 15 is 0 Å². The van der Waals surface area contributed by atoms with E-state index in [1.807, 2.05) is 0 Å². The van der Waals surface area contributed by atoms with Crippen LogP contribution in [0.4, 0.5) is 11.4 Å². The molecule has 1 heterocycles. The van der Waals surface area contributed by atoms with Crippen molar-refractivity contribution in [2.75, 3.05) is 17.2 Å². The van der Waals surface area contributed by atoms with Crippen LogP contribution in [0.15, 0.2) is 30.3 Å². The highest BCUT2D eigenvalue weighted by atomic mass is 35.5. The van der Waals surface area contributed by atoms with Gasteiger partial charge in [-0.15, -0.1) is 0 Å². The van der Waals surface area contributed by atoms with Crippen molar-refractivity contribution in [3.8, 4) is 11.5 Å². The van der Waals surface area contributed by atoms with E-state index in [0.717, 1.165) is 0 Å². The van der Waals surface area contributed by atoms with Gasteiger partial charge >= 0.3 is 0 Å². The zero-order valence-corrected chi connectivity index (χ0v) is 15.7. The summed E-state index contributed by atoms with van der Waals surface area (Å²) in [7, 11) is 0. The van der Waals surface area contributed by atoms with Crippen molar-refractivity contribution in [2.45, 2.75) is 13.0 Å². The summed E-state index contributed by atoms with van der Waals surface area (Å²) in [5, 5.41) is 6.31. The number of hydrogen-bond donors (Lipinski definition) is 2. The first kappa shape index (κ1) is 18.6. The summed E-state index contributed by atoms with van der Waals surface area (Å²) in [4.78, 5) is 23.7. The van der Waals surface area contributed by atoms with Crippen molar-refractivity contribution in [2.24, 2.45) is 0 Å². The monoisotopic (exact) mass is 414 g/mol. The summed E-state index contributed by atoms with van der Waals surface area (Å²) in [5.41, 5.74) is 0.783. The Balaban J connectivity index is 1.72. The fourth-order valence-corrected chi connectivity index (χ4v) is 2.91. The molecule has 0 saturated carbocycles. The molecule has 0 saturated heterocycles. The number of benzene rings is 2. The number of rotatable bonds is 4. The number of carbonyl (C=O) groups is 2. The summed E-state index contributed by atoms with van der Waals surface area (Å²) >= 11 is 18.0. The summed E-state index contributed by atoms with van der Waals surface area (Å²) < 4.78 is 10.9. The van der Waals surface area contributed by atoms with Gasteiger partial charge in [0.1, 0.15) is 11.5 Å². The van der Waals surface area contributed by atoms with Crippen molar-refractivity contribution in [1.29, 1.82) is 0 Å².